The second-order valence-electron chi connectivity index (χ2n) is 4.40. The van der Waals surface area contributed by atoms with Crippen molar-refractivity contribution in [2.75, 3.05) is 19.6 Å². The van der Waals surface area contributed by atoms with Gasteiger partial charge in [-0.2, -0.15) is 0 Å². The van der Waals surface area contributed by atoms with E-state index < -0.39 is 6.10 Å². The first-order valence-corrected chi connectivity index (χ1v) is 6.31. The number of amides is 1. The van der Waals surface area contributed by atoms with Crippen LogP contribution in [0.25, 0.3) is 0 Å². The Labute approximate surface area is 108 Å². The first-order valence-electron chi connectivity index (χ1n) is 6.31. The highest BCUT2D eigenvalue weighted by atomic mass is 16.3. The molecule has 3 N–H and O–H groups in total. The van der Waals surface area contributed by atoms with Crippen molar-refractivity contribution in [1.29, 1.82) is 0 Å². The smallest absolute Gasteiger partial charge is 0.223 e. The van der Waals surface area contributed by atoms with E-state index in [1.165, 1.54) is 0 Å². The van der Waals surface area contributed by atoms with Crippen LogP contribution in [0.2, 0.25) is 0 Å². The topological polar surface area (TPSA) is 66.6 Å². The first-order chi connectivity index (χ1) is 8.58. The molecule has 1 aromatic carbocycles. The molecule has 0 spiro atoms. The Morgan fingerprint density at radius 1 is 1.39 bits per heavy atom. The number of carbonyl (C=O) groups excluding carboxylic acids is 1. The number of nitrogens with zero attached hydrogens (tertiary/aromatic N) is 1. The van der Waals surface area contributed by atoms with Crippen molar-refractivity contribution in [2.24, 2.45) is 5.73 Å². The minimum atomic E-state index is -0.646. The van der Waals surface area contributed by atoms with Gasteiger partial charge in [0.2, 0.25) is 5.91 Å². The molecule has 4 heteroatoms. The van der Waals surface area contributed by atoms with E-state index in [0.717, 1.165) is 11.1 Å². The fourth-order valence-corrected chi connectivity index (χ4v) is 1.79. The Morgan fingerprint density at radius 2 is 2.00 bits per heavy atom. The van der Waals surface area contributed by atoms with Crippen molar-refractivity contribution < 1.29 is 9.90 Å². The highest BCUT2D eigenvalue weighted by Crippen LogP contribution is 2.15. The van der Waals surface area contributed by atoms with Gasteiger partial charge in [0.25, 0.3) is 0 Å². The summed E-state index contributed by atoms with van der Waals surface area (Å²) in [5.41, 5.74) is 7.35. The quantitative estimate of drug-likeness (QED) is 0.798. The van der Waals surface area contributed by atoms with E-state index in [1.807, 2.05) is 38.1 Å². The highest BCUT2D eigenvalue weighted by Gasteiger charge is 2.16. The normalized spacial score (nSPS) is 12.2. The lowest BCUT2D eigenvalue weighted by atomic mass is 10.1. The Balaban J connectivity index is 2.64. The molecule has 1 aromatic rings. The van der Waals surface area contributed by atoms with Gasteiger partial charge in [0.1, 0.15) is 0 Å². The molecule has 1 atom stereocenters. The molecular formula is C14H22N2O2. The van der Waals surface area contributed by atoms with Crippen LogP contribution in [0.3, 0.4) is 0 Å². The zero-order valence-corrected chi connectivity index (χ0v) is 11.1. The average molecular weight is 250 g/mol. The molecule has 0 aliphatic carbocycles. The van der Waals surface area contributed by atoms with Crippen LogP contribution in [-0.4, -0.2) is 35.5 Å². The summed E-state index contributed by atoms with van der Waals surface area (Å²) in [6, 6.07) is 7.69. The summed E-state index contributed by atoms with van der Waals surface area (Å²) >= 11 is 0. The van der Waals surface area contributed by atoms with Crippen LogP contribution in [-0.2, 0) is 4.79 Å². The Hall–Kier alpha value is -1.39. The third-order valence-corrected chi connectivity index (χ3v) is 2.95. The molecule has 0 bridgehead atoms. The van der Waals surface area contributed by atoms with E-state index in [0.29, 0.717) is 26.1 Å². The second-order valence-corrected chi connectivity index (χ2v) is 4.40. The highest BCUT2D eigenvalue weighted by molar-refractivity contribution is 5.76. The van der Waals surface area contributed by atoms with Gasteiger partial charge in [0.15, 0.2) is 0 Å². The van der Waals surface area contributed by atoms with Gasteiger partial charge in [-0.1, -0.05) is 29.8 Å². The molecule has 0 aliphatic rings. The standard InChI is InChI=1S/C14H22N2O2/c1-3-16(14(18)8-9-15)10-13(17)12-6-4-11(2)5-7-12/h4-7,13,17H,3,8-10,15H2,1-2H3. The molecule has 0 fully saturated rings. The molecule has 1 rings (SSSR count). The van der Waals surface area contributed by atoms with Crippen LogP contribution in [0.5, 0.6) is 0 Å². The van der Waals surface area contributed by atoms with Crippen LogP contribution in [0.1, 0.15) is 30.6 Å². The fourth-order valence-electron chi connectivity index (χ4n) is 1.79. The molecule has 0 saturated carbocycles. The number of aliphatic hydroxyl groups excluding tert-OH is 1. The zero-order valence-electron chi connectivity index (χ0n) is 11.1. The van der Waals surface area contributed by atoms with Gasteiger partial charge in [-0.3, -0.25) is 4.79 Å². The number of hydrogen-bond donors (Lipinski definition) is 2. The molecular weight excluding hydrogens is 228 g/mol. The molecule has 100 valence electrons. The minimum Gasteiger partial charge on any atom is -0.387 e. The van der Waals surface area contributed by atoms with Gasteiger partial charge < -0.3 is 15.7 Å². The van der Waals surface area contributed by atoms with Crippen LogP contribution in [0, 0.1) is 6.92 Å². The number of aliphatic hydroxyl groups is 1. The Morgan fingerprint density at radius 3 is 2.50 bits per heavy atom. The number of carbonyl (C=O) groups is 1. The SMILES string of the molecule is CCN(CC(O)c1ccc(C)cc1)C(=O)CCN. The summed E-state index contributed by atoms with van der Waals surface area (Å²) in [5, 5.41) is 10.1. The van der Waals surface area contributed by atoms with E-state index in [4.69, 9.17) is 5.73 Å². The van der Waals surface area contributed by atoms with Crippen LogP contribution in [0.15, 0.2) is 24.3 Å². The maximum absolute atomic E-state index is 11.7. The zero-order chi connectivity index (χ0) is 13.5. The first kappa shape index (κ1) is 14.7. The maximum atomic E-state index is 11.7. The van der Waals surface area contributed by atoms with E-state index in [-0.39, 0.29) is 5.91 Å². The summed E-state index contributed by atoms with van der Waals surface area (Å²) in [6.45, 7) is 5.14. The lowest BCUT2D eigenvalue weighted by molar-refractivity contribution is -0.132. The van der Waals surface area contributed by atoms with Crippen molar-refractivity contribution in [1.82, 2.24) is 4.90 Å². The second kappa shape index (κ2) is 7.13. The average Bonchev–Trinajstić information content (AvgIpc) is 2.36. The van der Waals surface area contributed by atoms with E-state index in [9.17, 15) is 9.90 Å². The molecule has 0 saturated heterocycles. The summed E-state index contributed by atoms with van der Waals surface area (Å²) in [5.74, 6) is -0.00818. The third-order valence-electron chi connectivity index (χ3n) is 2.95. The van der Waals surface area contributed by atoms with Crippen molar-refractivity contribution in [3.05, 3.63) is 35.4 Å². The lowest BCUT2D eigenvalue weighted by Gasteiger charge is -2.24. The van der Waals surface area contributed by atoms with Gasteiger partial charge in [-0.25, -0.2) is 0 Å². The Bertz CT molecular complexity index is 376. The molecule has 1 amide bonds. The maximum Gasteiger partial charge on any atom is 0.223 e. The molecule has 1 unspecified atom stereocenters. The number of likely N-dealkylation sites (N-methyl/N-ethyl adjacent to an activating group) is 1. The van der Waals surface area contributed by atoms with Crippen molar-refractivity contribution in [3.63, 3.8) is 0 Å². The predicted octanol–water partition coefficient (Wildman–Crippen LogP) is 1.23. The predicted molar refractivity (Wildman–Crippen MR) is 72.1 cm³/mol. The van der Waals surface area contributed by atoms with Gasteiger partial charge in [0, 0.05) is 19.5 Å². The van der Waals surface area contributed by atoms with Crippen LogP contribution >= 0.6 is 0 Å². The van der Waals surface area contributed by atoms with Gasteiger partial charge in [-0.15, -0.1) is 0 Å². The summed E-state index contributed by atoms with van der Waals surface area (Å²) < 4.78 is 0. The molecule has 0 radical (unpaired) electrons. The molecule has 0 aliphatic heterocycles. The summed E-state index contributed by atoms with van der Waals surface area (Å²) in [7, 11) is 0. The van der Waals surface area contributed by atoms with E-state index in [1.54, 1.807) is 4.90 Å². The van der Waals surface area contributed by atoms with Gasteiger partial charge >= 0.3 is 0 Å². The van der Waals surface area contributed by atoms with Crippen molar-refractivity contribution >= 4 is 5.91 Å². The number of benzene rings is 1. The van der Waals surface area contributed by atoms with Crippen LogP contribution in [0.4, 0.5) is 0 Å². The molecule has 4 nitrogen and oxygen atoms in total. The van der Waals surface area contributed by atoms with Crippen molar-refractivity contribution in [2.45, 2.75) is 26.4 Å². The number of aryl methyl sites for hydroxylation is 1. The van der Waals surface area contributed by atoms with E-state index in [2.05, 4.69) is 0 Å². The van der Waals surface area contributed by atoms with Gasteiger partial charge in [-0.05, 0) is 19.4 Å². The van der Waals surface area contributed by atoms with Gasteiger partial charge in [0.05, 0.1) is 12.6 Å². The van der Waals surface area contributed by atoms with Crippen molar-refractivity contribution in [3.8, 4) is 0 Å². The lowest BCUT2D eigenvalue weighted by Crippen LogP contribution is -2.35. The third kappa shape index (κ3) is 4.13. The molecule has 0 heterocycles. The number of nitrogens with two attached hydrogens (primary N) is 1. The Kier molecular flexibility index (Phi) is 5.82. The number of rotatable bonds is 6. The fraction of sp³-hybridized carbons (Fsp3) is 0.500. The summed E-state index contributed by atoms with van der Waals surface area (Å²) in [4.78, 5) is 13.4. The number of hydrogen-bond acceptors (Lipinski definition) is 3. The monoisotopic (exact) mass is 250 g/mol. The van der Waals surface area contributed by atoms with E-state index >= 15 is 0 Å². The molecule has 18 heavy (non-hydrogen) atoms. The summed E-state index contributed by atoms with van der Waals surface area (Å²) in [6.07, 6.45) is -0.318. The van der Waals surface area contributed by atoms with Crippen LogP contribution < -0.4 is 5.73 Å². The largest absolute Gasteiger partial charge is 0.387 e. The minimum absolute atomic E-state index is 0.00818. The molecule has 0 aromatic heterocycles.